The van der Waals surface area contributed by atoms with Crippen LogP contribution in [-0.2, 0) is 17.8 Å². The first-order valence-corrected chi connectivity index (χ1v) is 5.98. The Balaban J connectivity index is 1.93. The number of anilines is 1. The number of nitrogens with one attached hydrogen (secondary N) is 1. The highest BCUT2D eigenvalue weighted by molar-refractivity contribution is 5.84. The SMILES string of the molecule is NC(=O)Cc1ccc(NCc2ccc(C(=O)O)o2)cc1. The van der Waals surface area contributed by atoms with Gasteiger partial charge >= 0.3 is 5.97 Å². The van der Waals surface area contributed by atoms with Crippen molar-refractivity contribution >= 4 is 17.6 Å². The van der Waals surface area contributed by atoms with Gasteiger partial charge in [0.1, 0.15) is 5.76 Å². The minimum Gasteiger partial charge on any atom is -0.475 e. The molecule has 0 aliphatic carbocycles. The number of aromatic carboxylic acids is 1. The van der Waals surface area contributed by atoms with Gasteiger partial charge in [-0.3, -0.25) is 4.79 Å². The molecule has 6 nitrogen and oxygen atoms in total. The predicted octanol–water partition coefficient (Wildman–Crippen LogP) is 1.62. The second-order valence-corrected chi connectivity index (χ2v) is 4.26. The number of carbonyl (C=O) groups excluding carboxylic acids is 1. The molecule has 4 N–H and O–H groups in total. The summed E-state index contributed by atoms with van der Waals surface area (Å²) in [6, 6.07) is 10.3. The third-order valence-corrected chi connectivity index (χ3v) is 2.67. The van der Waals surface area contributed by atoms with Crippen molar-refractivity contribution < 1.29 is 19.1 Å². The third kappa shape index (κ3) is 3.61. The Kier molecular flexibility index (Phi) is 4.05. The number of carboxylic acid groups (broad SMARTS) is 1. The van der Waals surface area contributed by atoms with Crippen molar-refractivity contribution in [1.82, 2.24) is 0 Å². The summed E-state index contributed by atoms with van der Waals surface area (Å²) >= 11 is 0. The van der Waals surface area contributed by atoms with Gasteiger partial charge in [0.25, 0.3) is 0 Å². The monoisotopic (exact) mass is 274 g/mol. The Labute approximate surface area is 115 Å². The molecule has 20 heavy (non-hydrogen) atoms. The highest BCUT2D eigenvalue weighted by Gasteiger charge is 2.08. The number of furan rings is 1. The van der Waals surface area contributed by atoms with Crippen LogP contribution >= 0.6 is 0 Å². The summed E-state index contributed by atoms with van der Waals surface area (Å²) in [6.45, 7) is 0.377. The third-order valence-electron chi connectivity index (χ3n) is 2.67. The summed E-state index contributed by atoms with van der Waals surface area (Å²) in [5.41, 5.74) is 6.79. The molecule has 1 aromatic heterocycles. The average molecular weight is 274 g/mol. The second kappa shape index (κ2) is 5.92. The van der Waals surface area contributed by atoms with Gasteiger partial charge in [-0.15, -0.1) is 0 Å². The van der Waals surface area contributed by atoms with E-state index in [9.17, 15) is 9.59 Å². The standard InChI is InChI=1S/C14H14N2O4/c15-13(17)7-9-1-3-10(4-2-9)16-8-11-5-6-12(20-11)14(18)19/h1-6,16H,7-8H2,(H2,15,17)(H,18,19). The lowest BCUT2D eigenvalue weighted by Crippen LogP contribution is -2.13. The Hall–Kier alpha value is -2.76. The second-order valence-electron chi connectivity index (χ2n) is 4.26. The summed E-state index contributed by atoms with van der Waals surface area (Å²) in [7, 11) is 0. The van der Waals surface area contributed by atoms with Gasteiger partial charge < -0.3 is 20.6 Å². The minimum absolute atomic E-state index is 0.0846. The number of benzene rings is 1. The Morgan fingerprint density at radius 3 is 2.40 bits per heavy atom. The molecule has 1 heterocycles. The normalized spacial score (nSPS) is 10.2. The van der Waals surface area contributed by atoms with Crippen molar-refractivity contribution in [2.75, 3.05) is 5.32 Å². The quantitative estimate of drug-likeness (QED) is 0.742. The van der Waals surface area contributed by atoms with Crippen molar-refractivity contribution in [2.24, 2.45) is 5.73 Å². The maximum Gasteiger partial charge on any atom is 0.371 e. The number of primary amides is 1. The van der Waals surface area contributed by atoms with E-state index < -0.39 is 5.97 Å². The van der Waals surface area contributed by atoms with Crippen molar-refractivity contribution in [3.05, 3.63) is 53.5 Å². The van der Waals surface area contributed by atoms with Gasteiger partial charge in [-0.05, 0) is 29.8 Å². The lowest BCUT2D eigenvalue weighted by Gasteiger charge is -2.05. The number of carboxylic acids is 1. The van der Waals surface area contributed by atoms with Crippen molar-refractivity contribution in [1.29, 1.82) is 0 Å². The molecule has 0 aliphatic rings. The van der Waals surface area contributed by atoms with E-state index in [0.717, 1.165) is 11.3 Å². The van der Waals surface area contributed by atoms with Gasteiger partial charge in [0.15, 0.2) is 0 Å². The number of hydrogen-bond donors (Lipinski definition) is 3. The Morgan fingerprint density at radius 1 is 1.15 bits per heavy atom. The van der Waals surface area contributed by atoms with Crippen LogP contribution in [0.15, 0.2) is 40.8 Å². The Bertz CT molecular complexity index is 616. The molecular weight excluding hydrogens is 260 g/mol. The van der Waals surface area contributed by atoms with E-state index in [1.165, 1.54) is 6.07 Å². The molecule has 0 bridgehead atoms. The van der Waals surface area contributed by atoms with E-state index in [-0.39, 0.29) is 18.1 Å². The van der Waals surface area contributed by atoms with E-state index in [0.29, 0.717) is 12.3 Å². The Morgan fingerprint density at radius 2 is 1.85 bits per heavy atom. The molecule has 0 unspecified atom stereocenters. The zero-order chi connectivity index (χ0) is 14.5. The van der Waals surface area contributed by atoms with Crippen LogP contribution in [0.25, 0.3) is 0 Å². The van der Waals surface area contributed by atoms with Crippen LogP contribution in [0.4, 0.5) is 5.69 Å². The van der Waals surface area contributed by atoms with E-state index in [2.05, 4.69) is 5.32 Å². The molecule has 0 atom stereocenters. The molecule has 1 aromatic carbocycles. The predicted molar refractivity (Wildman–Crippen MR) is 72.3 cm³/mol. The molecule has 2 rings (SSSR count). The van der Waals surface area contributed by atoms with Gasteiger partial charge in [0.05, 0.1) is 13.0 Å². The fraction of sp³-hybridized carbons (Fsp3) is 0.143. The molecule has 2 aromatic rings. The van der Waals surface area contributed by atoms with Crippen LogP contribution in [0.5, 0.6) is 0 Å². The fourth-order valence-corrected chi connectivity index (χ4v) is 1.72. The molecule has 1 amide bonds. The topological polar surface area (TPSA) is 106 Å². The fourth-order valence-electron chi connectivity index (χ4n) is 1.72. The van der Waals surface area contributed by atoms with Crippen LogP contribution in [0.1, 0.15) is 21.9 Å². The number of carbonyl (C=O) groups is 2. The number of amides is 1. The molecule has 0 saturated heterocycles. The maximum atomic E-state index is 10.8. The average Bonchev–Trinajstić information content (AvgIpc) is 2.86. The summed E-state index contributed by atoms with van der Waals surface area (Å²) in [5, 5.41) is 11.8. The molecule has 0 aliphatic heterocycles. The molecule has 0 saturated carbocycles. The van der Waals surface area contributed by atoms with E-state index in [1.54, 1.807) is 18.2 Å². The summed E-state index contributed by atoms with van der Waals surface area (Å²) < 4.78 is 5.12. The largest absolute Gasteiger partial charge is 0.475 e. The molecular formula is C14H14N2O4. The zero-order valence-electron chi connectivity index (χ0n) is 10.6. The first kappa shape index (κ1) is 13.7. The van der Waals surface area contributed by atoms with Gasteiger partial charge in [-0.2, -0.15) is 0 Å². The van der Waals surface area contributed by atoms with Crippen LogP contribution in [0, 0.1) is 0 Å². The minimum atomic E-state index is -1.09. The van der Waals surface area contributed by atoms with Crippen molar-refractivity contribution in [2.45, 2.75) is 13.0 Å². The molecule has 6 heteroatoms. The first-order valence-electron chi connectivity index (χ1n) is 5.98. The van der Waals surface area contributed by atoms with Gasteiger partial charge in [0.2, 0.25) is 11.7 Å². The lowest BCUT2D eigenvalue weighted by molar-refractivity contribution is -0.117. The highest BCUT2D eigenvalue weighted by Crippen LogP contribution is 2.13. The van der Waals surface area contributed by atoms with E-state index in [4.69, 9.17) is 15.3 Å². The lowest BCUT2D eigenvalue weighted by atomic mass is 10.1. The van der Waals surface area contributed by atoms with E-state index >= 15 is 0 Å². The van der Waals surface area contributed by atoms with Crippen molar-refractivity contribution in [3.8, 4) is 0 Å². The van der Waals surface area contributed by atoms with Crippen molar-refractivity contribution in [3.63, 3.8) is 0 Å². The number of nitrogens with two attached hydrogens (primary N) is 1. The summed E-state index contributed by atoms with van der Waals surface area (Å²) in [4.78, 5) is 21.4. The smallest absolute Gasteiger partial charge is 0.371 e. The van der Waals surface area contributed by atoms with Crippen LogP contribution in [0.3, 0.4) is 0 Å². The van der Waals surface area contributed by atoms with Crippen LogP contribution in [-0.4, -0.2) is 17.0 Å². The highest BCUT2D eigenvalue weighted by atomic mass is 16.4. The molecule has 104 valence electrons. The molecule has 0 radical (unpaired) electrons. The maximum absolute atomic E-state index is 10.8. The van der Waals surface area contributed by atoms with Crippen LogP contribution in [0.2, 0.25) is 0 Å². The van der Waals surface area contributed by atoms with Gasteiger partial charge in [-0.25, -0.2) is 4.79 Å². The summed E-state index contributed by atoms with van der Waals surface area (Å²) in [5.74, 6) is -1.02. The number of rotatable bonds is 6. The van der Waals surface area contributed by atoms with Gasteiger partial charge in [0, 0.05) is 5.69 Å². The zero-order valence-corrected chi connectivity index (χ0v) is 10.6. The molecule has 0 spiro atoms. The van der Waals surface area contributed by atoms with Crippen LogP contribution < -0.4 is 11.1 Å². The van der Waals surface area contributed by atoms with Gasteiger partial charge in [-0.1, -0.05) is 12.1 Å². The first-order chi connectivity index (χ1) is 9.54. The van der Waals surface area contributed by atoms with E-state index in [1.807, 2.05) is 12.1 Å². The molecule has 0 fully saturated rings. The number of hydrogen-bond acceptors (Lipinski definition) is 4. The summed E-state index contributed by atoms with van der Waals surface area (Å²) in [6.07, 6.45) is 0.209.